The van der Waals surface area contributed by atoms with Crippen molar-refractivity contribution in [3.8, 4) is 0 Å². The summed E-state index contributed by atoms with van der Waals surface area (Å²) >= 11 is 11.8. The van der Waals surface area contributed by atoms with Crippen LogP contribution in [-0.2, 0) is 14.8 Å². The summed E-state index contributed by atoms with van der Waals surface area (Å²) < 4.78 is 33.6. The number of rotatable bonds is 8. The van der Waals surface area contributed by atoms with Crippen molar-refractivity contribution >= 4 is 50.7 Å². The molecule has 182 valence electrons. The minimum absolute atomic E-state index is 0.0612. The number of nitrogens with one attached hydrogen (secondary N) is 1. The molecule has 4 aromatic rings. The molecule has 0 aliphatic rings. The smallest absolute Gasteiger partial charge is 0.339 e. The molecular weight excluding hydrogens is 521 g/mol. The average molecular weight is 540 g/mol. The molecule has 1 N–H and O–H groups in total. The highest BCUT2D eigenvalue weighted by molar-refractivity contribution is 7.92. The van der Waals surface area contributed by atoms with E-state index in [0.29, 0.717) is 11.1 Å². The quantitative estimate of drug-likeness (QED) is 0.202. The highest BCUT2D eigenvalue weighted by Gasteiger charge is 2.27. The van der Waals surface area contributed by atoms with Crippen LogP contribution in [0.4, 0.5) is 5.69 Å². The van der Waals surface area contributed by atoms with Crippen LogP contribution in [0.3, 0.4) is 0 Å². The minimum Gasteiger partial charge on any atom is -0.445 e. The molecule has 0 amide bonds. The summed E-state index contributed by atoms with van der Waals surface area (Å²) in [6, 6.07) is 26.9. The molecule has 6 nitrogen and oxygen atoms in total. The predicted molar refractivity (Wildman–Crippen MR) is 139 cm³/mol. The maximum atomic E-state index is 13.2. The molecule has 0 aromatic heterocycles. The number of hydrogen-bond donors (Lipinski definition) is 1. The van der Waals surface area contributed by atoms with Crippen LogP contribution in [-0.4, -0.2) is 20.2 Å². The van der Waals surface area contributed by atoms with Gasteiger partial charge in [-0.25, -0.2) is 13.2 Å². The van der Waals surface area contributed by atoms with E-state index in [9.17, 15) is 18.0 Å². The molecule has 36 heavy (non-hydrogen) atoms. The highest BCUT2D eigenvalue weighted by atomic mass is 35.5. The summed E-state index contributed by atoms with van der Waals surface area (Å²) in [5.74, 6) is -1.17. The van der Waals surface area contributed by atoms with Gasteiger partial charge in [-0.3, -0.25) is 9.52 Å². The number of carbonyl (C=O) groups is 2. The number of anilines is 1. The molecule has 0 aliphatic carbocycles. The van der Waals surface area contributed by atoms with E-state index < -0.39 is 22.1 Å². The fourth-order valence-corrected chi connectivity index (χ4v) is 4.84. The Morgan fingerprint density at radius 1 is 0.722 bits per heavy atom. The van der Waals surface area contributed by atoms with Crippen LogP contribution < -0.4 is 4.72 Å². The third kappa shape index (κ3) is 5.94. The van der Waals surface area contributed by atoms with E-state index in [2.05, 4.69) is 4.72 Å². The highest BCUT2D eigenvalue weighted by Crippen LogP contribution is 2.27. The second-order valence-electron chi connectivity index (χ2n) is 7.69. The Balaban J connectivity index is 1.58. The summed E-state index contributed by atoms with van der Waals surface area (Å²) in [7, 11) is -4.01. The van der Waals surface area contributed by atoms with Crippen molar-refractivity contribution in [2.45, 2.75) is 11.0 Å². The van der Waals surface area contributed by atoms with Gasteiger partial charge in [0.15, 0.2) is 6.10 Å². The van der Waals surface area contributed by atoms with Gasteiger partial charge in [-0.1, -0.05) is 89.9 Å². The molecule has 0 aliphatic heterocycles. The third-order valence-corrected chi connectivity index (χ3v) is 7.29. The second-order valence-corrected chi connectivity index (χ2v) is 10.2. The maximum absolute atomic E-state index is 13.2. The Morgan fingerprint density at radius 3 is 2.03 bits per heavy atom. The Labute approximate surface area is 218 Å². The molecule has 0 heterocycles. The fourth-order valence-electron chi connectivity index (χ4n) is 3.40. The van der Waals surface area contributed by atoms with E-state index in [1.807, 2.05) is 0 Å². The molecule has 0 fully saturated rings. The lowest BCUT2D eigenvalue weighted by molar-refractivity contribution is 0.0280. The lowest BCUT2D eigenvalue weighted by Gasteiger charge is -2.18. The Kier molecular flexibility index (Phi) is 7.74. The van der Waals surface area contributed by atoms with Crippen LogP contribution >= 0.6 is 23.2 Å². The molecule has 0 spiro atoms. The van der Waals surface area contributed by atoms with Crippen LogP contribution in [0.1, 0.15) is 32.4 Å². The van der Waals surface area contributed by atoms with Gasteiger partial charge in [-0.05, 0) is 36.4 Å². The van der Waals surface area contributed by atoms with Crippen molar-refractivity contribution in [1.29, 1.82) is 0 Å². The summed E-state index contributed by atoms with van der Waals surface area (Å²) in [5, 5.41) is 0.310. The van der Waals surface area contributed by atoms with Gasteiger partial charge in [0.05, 0.1) is 20.5 Å². The van der Waals surface area contributed by atoms with E-state index in [1.54, 1.807) is 60.7 Å². The topological polar surface area (TPSA) is 89.5 Å². The number of halogens is 2. The van der Waals surface area contributed by atoms with Gasteiger partial charge in [0.25, 0.3) is 10.0 Å². The SMILES string of the molecule is O=C(OC(C(=O)c1ccccc1)c1ccccc1)c1cccc(NS(=O)(=O)c2ccc(Cl)c(Cl)c2)c1. The monoisotopic (exact) mass is 539 g/mol. The third-order valence-electron chi connectivity index (χ3n) is 5.18. The van der Waals surface area contributed by atoms with Gasteiger partial charge in [0, 0.05) is 16.8 Å². The molecular formula is C27H19Cl2NO5S. The first-order valence-corrected chi connectivity index (χ1v) is 12.9. The van der Waals surface area contributed by atoms with Crippen LogP contribution in [0.25, 0.3) is 0 Å². The van der Waals surface area contributed by atoms with Gasteiger partial charge in [-0.2, -0.15) is 0 Å². The minimum atomic E-state index is -4.01. The number of esters is 1. The Morgan fingerprint density at radius 2 is 1.36 bits per heavy atom. The van der Waals surface area contributed by atoms with Crippen LogP contribution in [0.15, 0.2) is 108 Å². The van der Waals surface area contributed by atoms with Crippen molar-refractivity contribution in [2.24, 2.45) is 0 Å². The van der Waals surface area contributed by atoms with Gasteiger partial charge >= 0.3 is 5.97 Å². The normalized spacial score (nSPS) is 11.9. The summed E-state index contributed by atoms with van der Waals surface area (Å²) in [4.78, 5) is 26.1. The molecule has 4 rings (SSSR count). The number of ether oxygens (including phenoxy) is 1. The molecule has 0 radical (unpaired) electrons. The zero-order valence-electron chi connectivity index (χ0n) is 18.6. The number of carbonyl (C=O) groups excluding carboxylic acids is 2. The van der Waals surface area contributed by atoms with Crippen LogP contribution in [0.2, 0.25) is 10.0 Å². The zero-order chi connectivity index (χ0) is 25.7. The first-order valence-electron chi connectivity index (χ1n) is 10.7. The zero-order valence-corrected chi connectivity index (χ0v) is 20.9. The number of benzene rings is 4. The van der Waals surface area contributed by atoms with Crippen molar-refractivity contribution in [3.63, 3.8) is 0 Å². The van der Waals surface area contributed by atoms with Crippen molar-refractivity contribution in [2.75, 3.05) is 4.72 Å². The summed E-state index contributed by atoms with van der Waals surface area (Å²) in [5.41, 5.74) is 1.09. The van der Waals surface area contributed by atoms with Crippen molar-refractivity contribution in [3.05, 3.63) is 130 Å². The van der Waals surface area contributed by atoms with Gasteiger partial charge < -0.3 is 4.74 Å². The predicted octanol–water partition coefficient (Wildman–Crippen LogP) is 6.58. The molecule has 1 unspecified atom stereocenters. The molecule has 1 atom stereocenters. The van der Waals surface area contributed by atoms with E-state index in [0.717, 1.165) is 0 Å². The van der Waals surface area contributed by atoms with Crippen molar-refractivity contribution < 1.29 is 22.7 Å². The summed E-state index contributed by atoms with van der Waals surface area (Å²) in [6.45, 7) is 0. The van der Waals surface area contributed by atoms with Gasteiger partial charge in [0.2, 0.25) is 5.78 Å². The van der Waals surface area contributed by atoms with E-state index >= 15 is 0 Å². The van der Waals surface area contributed by atoms with Gasteiger partial charge in [-0.15, -0.1) is 0 Å². The van der Waals surface area contributed by atoms with Gasteiger partial charge in [0.1, 0.15) is 0 Å². The number of hydrogen-bond acceptors (Lipinski definition) is 5. The maximum Gasteiger partial charge on any atom is 0.339 e. The first kappa shape index (κ1) is 25.4. The van der Waals surface area contributed by atoms with E-state index in [-0.39, 0.29) is 32.0 Å². The Bertz CT molecular complexity index is 1510. The van der Waals surface area contributed by atoms with Crippen molar-refractivity contribution in [1.82, 2.24) is 0 Å². The number of sulfonamides is 1. The molecule has 0 bridgehead atoms. The second kappa shape index (κ2) is 11.0. The van der Waals surface area contributed by atoms with E-state index in [4.69, 9.17) is 27.9 Å². The molecule has 0 saturated carbocycles. The Hall–Kier alpha value is -3.65. The van der Waals surface area contributed by atoms with Crippen LogP contribution in [0, 0.1) is 0 Å². The molecule has 9 heteroatoms. The average Bonchev–Trinajstić information content (AvgIpc) is 2.89. The molecule has 4 aromatic carbocycles. The summed E-state index contributed by atoms with van der Waals surface area (Å²) in [6.07, 6.45) is -1.18. The van der Waals surface area contributed by atoms with E-state index in [1.165, 1.54) is 42.5 Å². The standard InChI is InChI=1S/C27H19Cl2NO5S/c28-23-15-14-22(17-24(23)29)36(33,34)30-21-13-7-12-20(16-21)27(32)35-26(19-10-5-2-6-11-19)25(31)18-8-3-1-4-9-18/h1-17,26,30H. The first-order chi connectivity index (χ1) is 17.2. The number of ketones is 1. The lowest BCUT2D eigenvalue weighted by atomic mass is 10.00. The van der Waals surface area contributed by atoms with Crippen LogP contribution in [0.5, 0.6) is 0 Å². The fraction of sp³-hybridized carbons (Fsp3) is 0.0370. The largest absolute Gasteiger partial charge is 0.445 e. The molecule has 0 saturated heterocycles. The lowest BCUT2D eigenvalue weighted by Crippen LogP contribution is -2.20. The number of Topliss-reactive ketones (excluding diaryl/α,β-unsaturated/α-hetero) is 1.